The number of benzene rings is 1. The van der Waals surface area contributed by atoms with Gasteiger partial charge in [-0.25, -0.2) is 0 Å². The summed E-state index contributed by atoms with van der Waals surface area (Å²) in [6.45, 7) is 4.23. The summed E-state index contributed by atoms with van der Waals surface area (Å²) in [6.07, 6.45) is 0.0797. The smallest absolute Gasteiger partial charge is 0.311 e. The minimum absolute atomic E-state index is 0.204. The molecular weight excluding hydrogens is 298 g/mol. The normalized spacial score (nSPS) is 29.9. The molecule has 1 N–H and O–H groups in total. The molecule has 6 nitrogen and oxygen atoms in total. The van der Waals surface area contributed by atoms with Gasteiger partial charge in [-0.15, -0.1) is 0 Å². The maximum Gasteiger partial charge on any atom is 0.311 e. The highest BCUT2D eigenvalue weighted by atomic mass is 16.6. The zero-order chi connectivity index (χ0) is 16.6. The van der Waals surface area contributed by atoms with Crippen LogP contribution in [0, 0.1) is 5.41 Å². The van der Waals surface area contributed by atoms with E-state index in [2.05, 4.69) is 0 Å². The van der Waals surface area contributed by atoms with E-state index in [1.807, 2.05) is 12.1 Å². The average Bonchev–Trinajstić information content (AvgIpc) is 2.53. The quantitative estimate of drug-likeness (QED) is 0.901. The molecule has 1 fully saturated rings. The summed E-state index contributed by atoms with van der Waals surface area (Å²) in [4.78, 5) is 25.9. The SMILES string of the molecule is CC1Oc2ccccc2OC1C(=O)N1CCCC(C)(C(=O)O)C1. The zero-order valence-corrected chi connectivity index (χ0v) is 13.3. The van der Waals surface area contributed by atoms with E-state index in [4.69, 9.17) is 9.47 Å². The molecule has 2 aliphatic rings. The number of carboxylic acid groups (broad SMARTS) is 1. The van der Waals surface area contributed by atoms with Crippen molar-refractivity contribution in [3.8, 4) is 11.5 Å². The topological polar surface area (TPSA) is 76.1 Å². The Labute approximate surface area is 135 Å². The van der Waals surface area contributed by atoms with Crippen LogP contribution in [0.2, 0.25) is 0 Å². The van der Waals surface area contributed by atoms with Crippen LogP contribution in [0.1, 0.15) is 26.7 Å². The van der Waals surface area contributed by atoms with Gasteiger partial charge in [-0.3, -0.25) is 9.59 Å². The monoisotopic (exact) mass is 319 g/mol. The molecule has 0 radical (unpaired) electrons. The van der Waals surface area contributed by atoms with Crippen LogP contribution in [0.15, 0.2) is 24.3 Å². The van der Waals surface area contributed by atoms with Gasteiger partial charge in [0, 0.05) is 13.1 Å². The van der Waals surface area contributed by atoms with Crippen molar-refractivity contribution < 1.29 is 24.2 Å². The summed E-state index contributed by atoms with van der Waals surface area (Å²) >= 11 is 0. The fraction of sp³-hybridized carbons (Fsp3) is 0.529. The van der Waals surface area contributed by atoms with Crippen molar-refractivity contribution >= 4 is 11.9 Å². The van der Waals surface area contributed by atoms with Crippen molar-refractivity contribution in [2.45, 2.75) is 38.9 Å². The largest absolute Gasteiger partial charge is 0.482 e. The first-order valence-corrected chi connectivity index (χ1v) is 7.85. The first-order chi connectivity index (χ1) is 10.9. The fourth-order valence-corrected chi connectivity index (χ4v) is 3.17. The highest BCUT2D eigenvalue weighted by Gasteiger charge is 2.43. The number of carboxylic acids is 1. The number of hydrogen-bond acceptors (Lipinski definition) is 4. The number of rotatable bonds is 2. The van der Waals surface area contributed by atoms with Gasteiger partial charge in [-0.1, -0.05) is 12.1 Å². The Hall–Kier alpha value is -2.24. The van der Waals surface area contributed by atoms with E-state index in [1.54, 1.807) is 30.9 Å². The van der Waals surface area contributed by atoms with Crippen LogP contribution in [-0.2, 0) is 9.59 Å². The number of para-hydroxylation sites is 2. The molecule has 0 bridgehead atoms. The molecule has 0 aromatic heterocycles. The standard InChI is InChI=1S/C17H21NO5/c1-11-14(23-13-7-4-3-6-12(13)22-11)15(19)18-9-5-8-17(2,10-18)16(20)21/h3-4,6-7,11,14H,5,8-10H2,1-2H3,(H,20,21). The number of carbonyl (C=O) groups excluding carboxylic acids is 1. The van der Waals surface area contributed by atoms with Crippen molar-refractivity contribution in [1.29, 1.82) is 0 Å². The maximum absolute atomic E-state index is 12.8. The van der Waals surface area contributed by atoms with Gasteiger partial charge in [-0.05, 0) is 38.8 Å². The van der Waals surface area contributed by atoms with E-state index in [9.17, 15) is 14.7 Å². The highest BCUT2D eigenvalue weighted by molar-refractivity contribution is 5.84. The molecule has 1 aromatic rings. The Bertz CT molecular complexity index is 631. The molecule has 2 aliphatic heterocycles. The molecule has 6 heteroatoms. The van der Waals surface area contributed by atoms with E-state index in [1.165, 1.54) is 0 Å². The first kappa shape index (κ1) is 15.6. The molecule has 124 valence electrons. The number of piperidine rings is 1. The zero-order valence-electron chi connectivity index (χ0n) is 13.3. The molecule has 0 spiro atoms. The Kier molecular flexibility index (Phi) is 3.92. The Morgan fingerprint density at radius 1 is 1.26 bits per heavy atom. The van der Waals surface area contributed by atoms with Gasteiger partial charge < -0.3 is 19.5 Å². The third-order valence-electron chi connectivity index (χ3n) is 4.61. The first-order valence-electron chi connectivity index (χ1n) is 7.85. The van der Waals surface area contributed by atoms with Gasteiger partial charge in [0.1, 0.15) is 6.10 Å². The van der Waals surface area contributed by atoms with Crippen LogP contribution >= 0.6 is 0 Å². The molecule has 3 atom stereocenters. The van der Waals surface area contributed by atoms with Crippen molar-refractivity contribution in [2.24, 2.45) is 5.41 Å². The molecule has 3 rings (SSSR count). The average molecular weight is 319 g/mol. The van der Waals surface area contributed by atoms with Crippen molar-refractivity contribution in [1.82, 2.24) is 4.90 Å². The number of amides is 1. The van der Waals surface area contributed by atoms with Crippen molar-refractivity contribution in [3.05, 3.63) is 24.3 Å². The van der Waals surface area contributed by atoms with Crippen LogP contribution in [0.25, 0.3) is 0 Å². The maximum atomic E-state index is 12.8. The number of nitrogens with zero attached hydrogens (tertiary/aromatic N) is 1. The lowest BCUT2D eigenvalue weighted by Gasteiger charge is -2.40. The third-order valence-corrected chi connectivity index (χ3v) is 4.61. The second-order valence-corrected chi connectivity index (χ2v) is 6.54. The summed E-state index contributed by atoms with van der Waals surface area (Å²) in [5.74, 6) is 0.0911. The number of ether oxygens (including phenoxy) is 2. The summed E-state index contributed by atoms with van der Waals surface area (Å²) in [5, 5.41) is 9.40. The van der Waals surface area contributed by atoms with Gasteiger partial charge >= 0.3 is 5.97 Å². The molecule has 1 saturated heterocycles. The third kappa shape index (κ3) is 2.85. The van der Waals surface area contributed by atoms with Gasteiger partial charge in [0.2, 0.25) is 6.10 Å². The van der Waals surface area contributed by atoms with Gasteiger partial charge in [0.05, 0.1) is 5.41 Å². The second kappa shape index (κ2) is 5.76. The number of likely N-dealkylation sites (tertiary alicyclic amines) is 1. The number of fused-ring (bicyclic) bond motifs is 1. The highest BCUT2D eigenvalue weighted by Crippen LogP contribution is 2.35. The summed E-state index contributed by atoms with van der Waals surface area (Å²) < 4.78 is 11.6. The van der Waals surface area contributed by atoms with Crippen LogP contribution in [0.5, 0.6) is 11.5 Å². The minimum Gasteiger partial charge on any atom is -0.482 e. The predicted molar refractivity (Wildman–Crippen MR) is 82.5 cm³/mol. The van der Waals surface area contributed by atoms with E-state index in [0.29, 0.717) is 30.9 Å². The number of hydrogen-bond donors (Lipinski definition) is 1. The molecular formula is C17H21NO5. The van der Waals surface area contributed by atoms with Crippen LogP contribution < -0.4 is 9.47 Å². The molecule has 1 aromatic carbocycles. The van der Waals surface area contributed by atoms with Crippen molar-refractivity contribution in [2.75, 3.05) is 13.1 Å². The van der Waals surface area contributed by atoms with Crippen LogP contribution in [0.4, 0.5) is 0 Å². The second-order valence-electron chi connectivity index (χ2n) is 6.54. The summed E-state index contributed by atoms with van der Waals surface area (Å²) in [5.41, 5.74) is -0.898. The van der Waals surface area contributed by atoms with Crippen LogP contribution in [0.3, 0.4) is 0 Å². The van der Waals surface area contributed by atoms with E-state index >= 15 is 0 Å². The molecule has 0 aliphatic carbocycles. The van der Waals surface area contributed by atoms with E-state index in [-0.39, 0.29) is 12.5 Å². The Balaban J connectivity index is 1.77. The molecule has 3 unspecified atom stereocenters. The predicted octanol–water partition coefficient (Wildman–Crippen LogP) is 1.93. The molecule has 1 amide bonds. The van der Waals surface area contributed by atoms with E-state index in [0.717, 1.165) is 0 Å². The number of carbonyl (C=O) groups is 2. The Morgan fingerprint density at radius 2 is 1.91 bits per heavy atom. The lowest BCUT2D eigenvalue weighted by molar-refractivity contribution is -0.157. The Morgan fingerprint density at radius 3 is 2.57 bits per heavy atom. The summed E-state index contributed by atoms with van der Waals surface area (Å²) in [7, 11) is 0. The fourth-order valence-electron chi connectivity index (χ4n) is 3.17. The molecule has 2 heterocycles. The van der Waals surface area contributed by atoms with Crippen LogP contribution in [-0.4, -0.2) is 47.2 Å². The lowest BCUT2D eigenvalue weighted by atomic mass is 9.82. The minimum atomic E-state index is -0.898. The molecule has 0 saturated carbocycles. The van der Waals surface area contributed by atoms with Gasteiger partial charge in [-0.2, -0.15) is 0 Å². The van der Waals surface area contributed by atoms with Gasteiger partial charge in [0.25, 0.3) is 5.91 Å². The van der Waals surface area contributed by atoms with Crippen molar-refractivity contribution in [3.63, 3.8) is 0 Å². The van der Waals surface area contributed by atoms with Gasteiger partial charge in [0.15, 0.2) is 11.5 Å². The molecule has 23 heavy (non-hydrogen) atoms. The summed E-state index contributed by atoms with van der Waals surface area (Å²) in [6, 6.07) is 7.23. The lowest BCUT2D eigenvalue weighted by Crippen LogP contribution is -2.55. The number of aliphatic carboxylic acids is 1. The van der Waals surface area contributed by atoms with E-state index < -0.39 is 23.6 Å².